The van der Waals surface area contributed by atoms with E-state index in [-0.39, 0.29) is 5.69 Å². The Morgan fingerprint density at radius 3 is 2.39 bits per heavy atom. The van der Waals surface area contributed by atoms with E-state index in [2.05, 4.69) is 15.9 Å². The Kier molecular flexibility index (Phi) is 3.43. The summed E-state index contributed by atoms with van der Waals surface area (Å²) in [6.45, 7) is 0. The molecule has 0 atom stereocenters. The Morgan fingerprint density at radius 1 is 1.28 bits per heavy atom. The van der Waals surface area contributed by atoms with E-state index < -0.39 is 5.97 Å². The molecule has 0 aliphatic rings. The number of anilines is 1. The summed E-state index contributed by atoms with van der Waals surface area (Å²) in [6, 6.07) is 9.29. The molecule has 1 heterocycles. The van der Waals surface area contributed by atoms with E-state index in [4.69, 9.17) is 5.11 Å². The van der Waals surface area contributed by atoms with E-state index in [1.54, 1.807) is 16.8 Å². The molecule has 1 N–H and O–H groups in total. The van der Waals surface area contributed by atoms with E-state index in [9.17, 15) is 4.79 Å². The molecule has 0 unspecified atom stereocenters. The van der Waals surface area contributed by atoms with Gasteiger partial charge in [-0.05, 0) is 46.3 Å². The van der Waals surface area contributed by atoms with Crippen LogP contribution in [0.5, 0.6) is 0 Å². The lowest BCUT2D eigenvalue weighted by atomic mass is 10.2. The fourth-order valence-electron chi connectivity index (χ4n) is 1.72. The summed E-state index contributed by atoms with van der Waals surface area (Å²) in [5.74, 6) is -0.947. The van der Waals surface area contributed by atoms with Crippen molar-refractivity contribution in [2.24, 2.45) is 0 Å². The zero-order chi connectivity index (χ0) is 13.3. The Labute approximate surface area is 114 Å². The van der Waals surface area contributed by atoms with Gasteiger partial charge in [-0.25, -0.2) is 4.79 Å². The van der Waals surface area contributed by atoms with Crippen molar-refractivity contribution < 1.29 is 9.90 Å². The van der Waals surface area contributed by atoms with Gasteiger partial charge in [0.15, 0.2) is 0 Å². The lowest BCUT2D eigenvalue weighted by molar-refractivity contribution is 0.0688. The number of carbonyl (C=O) groups is 1. The van der Waals surface area contributed by atoms with Gasteiger partial charge in [0.1, 0.15) is 5.69 Å². The van der Waals surface area contributed by atoms with Crippen molar-refractivity contribution >= 4 is 27.6 Å². The van der Waals surface area contributed by atoms with Crippen molar-refractivity contribution in [3.63, 3.8) is 0 Å². The molecule has 4 nitrogen and oxygen atoms in total. The van der Waals surface area contributed by atoms with Gasteiger partial charge in [0.05, 0.1) is 0 Å². The molecule has 0 radical (unpaired) electrons. The molecule has 0 saturated heterocycles. The number of hydrogen-bond donors (Lipinski definition) is 1. The van der Waals surface area contributed by atoms with Gasteiger partial charge >= 0.3 is 5.97 Å². The molecule has 0 amide bonds. The highest BCUT2D eigenvalue weighted by Gasteiger charge is 2.12. The maximum Gasteiger partial charge on any atom is 0.352 e. The monoisotopic (exact) mass is 308 g/mol. The summed E-state index contributed by atoms with van der Waals surface area (Å²) in [6.07, 6.45) is 1.74. The first kappa shape index (κ1) is 12.7. The molecule has 0 bridgehead atoms. The van der Waals surface area contributed by atoms with Crippen molar-refractivity contribution in [3.8, 4) is 5.69 Å². The summed E-state index contributed by atoms with van der Waals surface area (Å²) in [4.78, 5) is 13.1. The van der Waals surface area contributed by atoms with Crippen LogP contribution in [-0.2, 0) is 0 Å². The highest BCUT2D eigenvalue weighted by Crippen LogP contribution is 2.22. The fraction of sp³-hybridized carbons (Fsp3) is 0.154. The van der Waals surface area contributed by atoms with Gasteiger partial charge in [-0.3, -0.25) is 0 Å². The average molecular weight is 309 g/mol. The summed E-state index contributed by atoms with van der Waals surface area (Å²) in [5, 5.41) is 9.13. The van der Waals surface area contributed by atoms with Crippen molar-refractivity contribution in [2.75, 3.05) is 19.0 Å². The molecular formula is C13H13BrN2O2. The number of carboxylic acids is 1. The smallest absolute Gasteiger partial charge is 0.352 e. The molecule has 18 heavy (non-hydrogen) atoms. The van der Waals surface area contributed by atoms with Gasteiger partial charge in [-0.15, -0.1) is 0 Å². The SMILES string of the molecule is CN(C)c1ccc(-n2cc(Br)cc2C(=O)O)cc1. The first-order valence-electron chi connectivity index (χ1n) is 5.38. The van der Waals surface area contributed by atoms with Crippen LogP contribution in [0.3, 0.4) is 0 Å². The Morgan fingerprint density at radius 2 is 1.89 bits per heavy atom. The van der Waals surface area contributed by atoms with Crippen LogP contribution < -0.4 is 4.90 Å². The summed E-state index contributed by atoms with van der Waals surface area (Å²) in [5.41, 5.74) is 2.13. The van der Waals surface area contributed by atoms with Crippen molar-refractivity contribution in [1.82, 2.24) is 4.57 Å². The number of nitrogens with zero attached hydrogens (tertiary/aromatic N) is 2. The molecule has 2 rings (SSSR count). The zero-order valence-corrected chi connectivity index (χ0v) is 11.7. The normalized spacial score (nSPS) is 10.4. The van der Waals surface area contributed by atoms with Crippen LogP contribution in [-0.4, -0.2) is 29.7 Å². The van der Waals surface area contributed by atoms with Gasteiger partial charge in [-0.2, -0.15) is 0 Å². The van der Waals surface area contributed by atoms with Gasteiger partial charge in [0.2, 0.25) is 0 Å². The Bertz CT molecular complexity index is 573. The second-order valence-corrected chi connectivity index (χ2v) is 5.05. The molecule has 0 aliphatic heterocycles. The third kappa shape index (κ3) is 2.41. The minimum atomic E-state index is -0.947. The van der Waals surface area contributed by atoms with Crippen LogP contribution in [0.2, 0.25) is 0 Å². The molecule has 0 fully saturated rings. The molecule has 5 heteroatoms. The number of aromatic carboxylic acids is 1. The molecule has 0 saturated carbocycles. The van der Waals surface area contributed by atoms with Gasteiger partial charge in [0.25, 0.3) is 0 Å². The maximum absolute atomic E-state index is 11.1. The van der Waals surface area contributed by atoms with E-state index in [1.807, 2.05) is 43.3 Å². The molecule has 1 aromatic carbocycles. The number of aromatic nitrogens is 1. The maximum atomic E-state index is 11.1. The molecule has 2 aromatic rings. The van der Waals surface area contributed by atoms with Crippen LogP contribution in [0.25, 0.3) is 5.69 Å². The average Bonchev–Trinajstić information content (AvgIpc) is 2.71. The fourth-order valence-corrected chi connectivity index (χ4v) is 2.14. The third-order valence-corrected chi connectivity index (χ3v) is 3.08. The molecular weight excluding hydrogens is 296 g/mol. The predicted octanol–water partition coefficient (Wildman–Crippen LogP) is 3.00. The number of rotatable bonds is 3. The Hall–Kier alpha value is -1.75. The highest BCUT2D eigenvalue weighted by molar-refractivity contribution is 9.10. The van der Waals surface area contributed by atoms with Crippen molar-refractivity contribution in [1.29, 1.82) is 0 Å². The summed E-state index contributed by atoms with van der Waals surface area (Å²) >= 11 is 3.29. The molecule has 0 aliphatic carbocycles. The number of hydrogen-bond acceptors (Lipinski definition) is 2. The lowest BCUT2D eigenvalue weighted by Crippen LogP contribution is -2.09. The minimum Gasteiger partial charge on any atom is -0.477 e. The predicted molar refractivity (Wildman–Crippen MR) is 74.8 cm³/mol. The molecule has 94 valence electrons. The van der Waals surface area contributed by atoms with E-state index in [0.29, 0.717) is 0 Å². The summed E-state index contributed by atoms with van der Waals surface area (Å²) < 4.78 is 2.39. The van der Waals surface area contributed by atoms with E-state index in [1.165, 1.54) is 0 Å². The largest absolute Gasteiger partial charge is 0.477 e. The van der Waals surface area contributed by atoms with Crippen LogP contribution in [0.1, 0.15) is 10.5 Å². The van der Waals surface area contributed by atoms with Gasteiger partial charge in [0, 0.05) is 36.1 Å². The topological polar surface area (TPSA) is 45.5 Å². The third-order valence-electron chi connectivity index (χ3n) is 2.65. The number of carboxylic acid groups (broad SMARTS) is 1. The van der Waals surface area contributed by atoms with Crippen LogP contribution in [0, 0.1) is 0 Å². The first-order chi connectivity index (χ1) is 8.49. The van der Waals surface area contributed by atoms with Gasteiger partial charge in [-0.1, -0.05) is 0 Å². The van der Waals surface area contributed by atoms with Crippen LogP contribution in [0.15, 0.2) is 41.0 Å². The van der Waals surface area contributed by atoms with Crippen molar-refractivity contribution in [2.45, 2.75) is 0 Å². The minimum absolute atomic E-state index is 0.236. The van der Waals surface area contributed by atoms with Crippen LogP contribution >= 0.6 is 15.9 Å². The Balaban J connectivity index is 2.45. The number of benzene rings is 1. The van der Waals surface area contributed by atoms with Crippen LogP contribution in [0.4, 0.5) is 5.69 Å². The zero-order valence-electron chi connectivity index (χ0n) is 10.1. The second kappa shape index (κ2) is 4.86. The highest BCUT2D eigenvalue weighted by atomic mass is 79.9. The van der Waals surface area contributed by atoms with E-state index >= 15 is 0 Å². The van der Waals surface area contributed by atoms with Gasteiger partial charge < -0.3 is 14.6 Å². The molecule has 1 aromatic heterocycles. The first-order valence-corrected chi connectivity index (χ1v) is 6.17. The summed E-state index contributed by atoms with van der Waals surface area (Å²) in [7, 11) is 3.92. The van der Waals surface area contributed by atoms with E-state index in [0.717, 1.165) is 15.8 Å². The van der Waals surface area contributed by atoms with Crippen molar-refractivity contribution in [3.05, 3.63) is 46.7 Å². The standard InChI is InChI=1S/C13H13BrN2O2/c1-15(2)10-3-5-11(6-4-10)16-8-9(14)7-12(16)13(17)18/h3-8H,1-2H3,(H,17,18). The lowest BCUT2D eigenvalue weighted by Gasteiger charge is -2.13. The number of halogens is 1. The quantitative estimate of drug-likeness (QED) is 0.948. The second-order valence-electron chi connectivity index (χ2n) is 4.13. The molecule has 0 spiro atoms.